The zero-order valence-electron chi connectivity index (χ0n) is 16.6. The molecule has 4 heterocycles. The molecule has 2 aliphatic rings. The molecule has 3 aromatic heterocycles. The average molecular weight is 445 g/mol. The van der Waals surface area contributed by atoms with Crippen molar-refractivity contribution in [1.82, 2.24) is 30.4 Å². The molecule has 0 radical (unpaired) electrons. The second-order valence-electron chi connectivity index (χ2n) is 8.32. The number of anilines is 1. The molecule has 166 valence electrons. The molecule has 5 rings (SSSR count). The van der Waals surface area contributed by atoms with Crippen LogP contribution in [0.15, 0.2) is 36.9 Å². The number of fused-ring (bicyclic) bond motifs is 1. The number of aromatic amines is 1. The van der Waals surface area contributed by atoms with Crippen molar-refractivity contribution in [1.29, 1.82) is 0 Å². The van der Waals surface area contributed by atoms with Gasteiger partial charge in [-0.15, -0.1) is 0 Å². The molecule has 0 aromatic carbocycles. The number of likely N-dealkylation sites (tertiary alicyclic amines) is 1. The molecule has 0 unspecified atom stereocenters. The van der Waals surface area contributed by atoms with E-state index in [2.05, 4.69) is 30.8 Å². The number of nitrogens with one attached hydrogen (secondary N) is 3. The molecule has 1 aliphatic heterocycles. The molecule has 12 heteroatoms. The Bertz CT molecular complexity index is 1200. The first-order valence-electron chi connectivity index (χ1n) is 9.90. The van der Waals surface area contributed by atoms with Crippen LogP contribution in [0.25, 0.3) is 11.0 Å². The Morgan fingerprint density at radius 3 is 2.72 bits per heavy atom. The standard InChI is InChI=1S/C20H18F3N7O2/c21-20(22,23)11-3-12(7-24-6-11)27-18(32)28-13-4-19(5-13)9-30(10-19)17(31)14-1-2-25-16-15(14)8-26-29-16/h1-3,6-8,13H,4-5,9-10H2,(H,25,26,29)(H2,27,28,32). The molecule has 0 atom stereocenters. The largest absolute Gasteiger partial charge is 0.417 e. The van der Waals surface area contributed by atoms with Crippen molar-refractivity contribution in [3.05, 3.63) is 48.0 Å². The minimum Gasteiger partial charge on any atom is -0.337 e. The van der Waals surface area contributed by atoms with Gasteiger partial charge in [0.25, 0.3) is 5.91 Å². The van der Waals surface area contributed by atoms with Gasteiger partial charge in [0.1, 0.15) is 0 Å². The zero-order chi connectivity index (χ0) is 22.5. The van der Waals surface area contributed by atoms with Crippen molar-refractivity contribution in [2.24, 2.45) is 5.41 Å². The number of rotatable bonds is 3. The van der Waals surface area contributed by atoms with Crippen LogP contribution in [-0.4, -0.2) is 56.1 Å². The van der Waals surface area contributed by atoms with Crippen molar-refractivity contribution < 1.29 is 22.8 Å². The number of pyridine rings is 2. The molecule has 1 aliphatic carbocycles. The fraction of sp³-hybridized carbons (Fsp3) is 0.350. The molecule has 3 N–H and O–H groups in total. The lowest BCUT2D eigenvalue weighted by atomic mass is 9.60. The number of aromatic nitrogens is 4. The van der Waals surface area contributed by atoms with E-state index in [1.54, 1.807) is 23.4 Å². The van der Waals surface area contributed by atoms with Gasteiger partial charge in [-0.25, -0.2) is 9.78 Å². The molecular weight excluding hydrogens is 427 g/mol. The third-order valence-electron chi connectivity index (χ3n) is 5.94. The number of hydrogen-bond donors (Lipinski definition) is 3. The maximum Gasteiger partial charge on any atom is 0.417 e. The van der Waals surface area contributed by atoms with Crippen LogP contribution >= 0.6 is 0 Å². The molecule has 2 fully saturated rings. The van der Waals surface area contributed by atoms with Gasteiger partial charge < -0.3 is 15.5 Å². The maximum atomic E-state index is 12.8. The Morgan fingerprint density at radius 1 is 1.19 bits per heavy atom. The first-order chi connectivity index (χ1) is 15.2. The Balaban J connectivity index is 1.12. The predicted octanol–water partition coefficient (Wildman–Crippen LogP) is 2.80. The summed E-state index contributed by atoms with van der Waals surface area (Å²) in [6, 6.07) is 1.81. The number of carbonyl (C=O) groups is 2. The van der Waals surface area contributed by atoms with Crippen LogP contribution in [-0.2, 0) is 6.18 Å². The first kappa shape index (κ1) is 20.2. The summed E-state index contributed by atoms with van der Waals surface area (Å²) >= 11 is 0. The molecule has 3 aromatic rings. The summed E-state index contributed by atoms with van der Waals surface area (Å²) in [5, 5.41) is 12.5. The van der Waals surface area contributed by atoms with Crippen LogP contribution in [0.2, 0.25) is 0 Å². The topological polar surface area (TPSA) is 116 Å². The lowest BCUT2D eigenvalue weighted by Crippen LogP contribution is -2.67. The van der Waals surface area contributed by atoms with E-state index in [1.807, 2.05) is 0 Å². The summed E-state index contributed by atoms with van der Waals surface area (Å²) in [4.78, 5) is 34.4. The number of carbonyl (C=O) groups excluding carboxylic acids is 2. The quantitative estimate of drug-likeness (QED) is 0.573. The monoisotopic (exact) mass is 445 g/mol. The molecule has 0 bridgehead atoms. The Labute approximate surface area is 179 Å². The average Bonchev–Trinajstić information content (AvgIpc) is 3.16. The lowest BCUT2D eigenvalue weighted by molar-refractivity contribution is -0.137. The molecule has 32 heavy (non-hydrogen) atoms. The summed E-state index contributed by atoms with van der Waals surface area (Å²) < 4.78 is 38.3. The van der Waals surface area contributed by atoms with Gasteiger partial charge in [0, 0.05) is 36.9 Å². The second-order valence-corrected chi connectivity index (χ2v) is 8.32. The molecule has 1 saturated carbocycles. The van der Waals surface area contributed by atoms with E-state index < -0.39 is 17.8 Å². The number of urea groups is 1. The molecule has 1 spiro atoms. The van der Waals surface area contributed by atoms with Crippen LogP contribution in [0.5, 0.6) is 0 Å². The number of halogens is 3. The van der Waals surface area contributed by atoms with Crippen LogP contribution in [0.3, 0.4) is 0 Å². The summed E-state index contributed by atoms with van der Waals surface area (Å²) in [5.74, 6) is -0.0874. The first-order valence-corrected chi connectivity index (χ1v) is 9.90. The van der Waals surface area contributed by atoms with Crippen LogP contribution in [0.4, 0.5) is 23.7 Å². The minimum atomic E-state index is -4.53. The van der Waals surface area contributed by atoms with Crippen molar-refractivity contribution >= 4 is 28.7 Å². The van der Waals surface area contributed by atoms with E-state index in [0.717, 1.165) is 12.3 Å². The molecular formula is C20H18F3N7O2. The second kappa shape index (κ2) is 7.18. The highest BCUT2D eigenvalue weighted by Gasteiger charge is 2.54. The van der Waals surface area contributed by atoms with Crippen molar-refractivity contribution in [3.63, 3.8) is 0 Å². The van der Waals surface area contributed by atoms with E-state index >= 15 is 0 Å². The third-order valence-corrected chi connectivity index (χ3v) is 5.94. The lowest BCUT2D eigenvalue weighted by Gasteiger charge is -2.59. The van der Waals surface area contributed by atoms with Crippen LogP contribution in [0, 0.1) is 5.41 Å². The van der Waals surface area contributed by atoms with Crippen molar-refractivity contribution in [2.75, 3.05) is 18.4 Å². The fourth-order valence-corrected chi connectivity index (χ4v) is 4.48. The van der Waals surface area contributed by atoms with Gasteiger partial charge in [-0.1, -0.05) is 0 Å². The number of amides is 3. The smallest absolute Gasteiger partial charge is 0.337 e. The van der Waals surface area contributed by atoms with E-state index in [0.29, 0.717) is 48.7 Å². The Morgan fingerprint density at radius 2 is 1.97 bits per heavy atom. The highest BCUT2D eigenvalue weighted by molar-refractivity contribution is 6.05. The third kappa shape index (κ3) is 3.61. The van der Waals surface area contributed by atoms with Crippen molar-refractivity contribution in [3.8, 4) is 0 Å². The van der Waals surface area contributed by atoms with Gasteiger partial charge in [0.15, 0.2) is 5.65 Å². The zero-order valence-corrected chi connectivity index (χ0v) is 16.6. The maximum absolute atomic E-state index is 12.8. The Hall–Kier alpha value is -3.70. The molecule has 3 amide bonds. The van der Waals surface area contributed by atoms with Gasteiger partial charge in [-0.3, -0.25) is 14.9 Å². The highest BCUT2D eigenvalue weighted by atomic mass is 19.4. The summed E-state index contributed by atoms with van der Waals surface area (Å²) in [7, 11) is 0. The summed E-state index contributed by atoms with van der Waals surface area (Å²) in [5.41, 5.74) is 0.102. The van der Waals surface area contributed by atoms with E-state index in [9.17, 15) is 22.8 Å². The SMILES string of the molecule is O=C(Nc1cncc(C(F)(F)F)c1)NC1CC2(C1)CN(C(=O)c1ccnc3[nH]ncc13)C2. The normalized spacial score (nSPS) is 17.7. The fourth-order valence-electron chi connectivity index (χ4n) is 4.48. The summed E-state index contributed by atoms with van der Waals surface area (Å²) in [6.45, 7) is 1.18. The molecule has 9 nitrogen and oxygen atoms in total. The number of hydrogen-bond acceptors (Lipinski definition) is 5. The van der Waals surface area contributed by atoms with Gasteiger partial charge in [0.2, 0.25) is 0 Å². The highest BCUT2D eigenvalue weighted by Crippen LogP contribution is 2.48. The van der Waals surface area contributed by atoms with E-state index in [-0.39, 0.29) is 23.1 Å². The van der Waals surface area contributed by atoms with Gasteiger partial charge in [-0.2, -0.15) is 18.3 Å². The number of alkyl halides is 3. The summed E-state index contributed by atoms with van der Waals surface area (Å²) in [6.07, 6.45) is 1.85. The number of nitrogens with zero attached hydrogens (tertiary/aromatic N) is 4. The van der Waals surface area contributed by atoms with Crippen molar-refractivity contribution in [2.45, 2.75) is 25.1 Å². The van der Waals surface area contributed by atoms with Gasteiger partial charge in [-0.05, 0) is 25.0 Å². The number of H-pyrrole nitrogens is 1. The van der Waals surface area contributed by atoms with Gasteiger partial charge in [0.05, 0.1) is 34.6 Å². The van der Waals surface area contributed by atoms with E-state index in [1.165, 1.54) is 0 Å². The van der Waals surface area contributed by atoms with Crippen LogP contribution < -0.4 is 10.6 Å². The minimum absolute atomic E-state index is 0.0327. The van der Waals surface area contributed by atoms with Gasteiger partial charge >= 0.3 is 12.2 Å². The van der Waals surface area contributed by atoms with E-state index in [4.69, 9.17) is 0 Å². The Kier molecular flexibility index (Phi) is 4.53. The predicted molar refractivity (Wildman–Crippen MR) is 107 cm³/mol. The van der Waals surface area contributed by atoms with Crippen LogP contribution in [0.1, 0.15) is 28.8 Å². The molecule has 1 saturated heterocycles.